The van der Waals surface area contributed by atoms with Gasteiger partial charge in [-0.1, -0.05) is 6.92 Å². The van der Waals surface area contributed by atoms with E-state index in [1.165, 1.54) is 4.88 Å². The van der Waals surface area contributed by atoms with Crippen molar-refractivity contribution in [3.63, 3.8) is 0 Å². The molecular formula is C8H8N2S2. The van der Waals surface area contributed by atoms with Gasteiger partial charge in [0.05, 0.1) is 0 Å². The second-order valence-corrected chi connectivity index (χ2v) is 4.33. The first kappa shape index (κ1) is 7.89. The van der Waals surface area contributed by atoms with E-state index in [9.17, 15) is 0 Å². The first-order valence-corrected chi connectivity index (χ1v) is 5.44. The molecule has 0 saturated heterocycles. The van der Waals surface area contributed by atoms with Crippen LogP contribution in [0.1, 0.15) is 11.8 Å². The highest BCUT2D eigenvalue weighted by molar-refractivity contribution is 7.20. The molecule has 0 aliphatic rings. The number of aryl methyl sites for hydroxylation is 1. The molecule has 0 saturated carbocycles. The summed E-state index contributed by atoms with van der Waals surface area (Å²) < 4.78 is 0. The largest absolute Gasteiger partial charge is 0.242 e. The molecule has 2 aromatic rings. The maximum absolute atomic E-state index is 4.30. The third kappa shape index (κ3) is 1.40. The molecular weight excluding hydrogens is 188 g/mol. The van der Waals surface area contributed by atoms with E-state index >= 15 is 0 Å². The Labute approximate surface area is 78.9 Å². The fraction of sp³-hybridized carbons (Fsp3) is 0.250. The predicted octanol–water partition coefficient (Wildman–Crippen LogP) is 2.83. The van der Waals surface area contributed by atoms with Crippen molar-refractivity contribution in [1.82, 2.24) is 9.97 Å². The minimum Gasteiger partial charge on any atom is -0.242 e. The van der Waals surface area contributed by atoms with Crippen molar-refractivity contribution < 1.29 is 0 Å². The fourth-order valence-electron chi connectivity index (χ4n) is 0.899. The first-order valence-electron chi connectivity index (χ1n) is 3.74. The van der Waals surface area contributed by atoms with E-state index in [-0.39, 0.29) is 0 Å². The molecule has 2 aromatic heterocycles. The quantitative estimate of drug-likeness (QED) is 0.738. The van der Waals surface area contributed by atoms with Crippen LogP contribution in [0.2, 0.25) is 0 Å². The van der Waals surface area contributed by atoms with Crippen molar-refractivity contribution in [3.05, 3.63) is 22.7 Å². The molecule has 0 amide bonds. The van der Waals surface area contributed by atoms with Gasteiger partial charge in [0.15, 0.2) is 10.0 Å². The van der Waals surface area contributed by atoms with E-state index in [0.717, 1.165) is 16.4 Å². The molecule has 2 heterocycles. The standard InChI is InChI=1S/C8H8N2S2/c1-2-6-5-10-8(12-6)7-9-3-4-11-7/h3-5H,2H2,1H3. The highest BCUT2D eigenvalue weighted by Crippen LogP contribution is 2.26. The Morgan fingerprint density at radius 1 is 1.33 bits per heavy atom. The first-order chi connectivity index (χ1) is 5.90. The number of aromatic nitrogens is 2. The van der Waals surface area contributed by atoms with Crippen LogP contribution in [0.4, 0.5) is 0 Å². The molecule has 0 aromatic carbocycles. The molecule has 0 fully saturated rings. The van der Waals surface area contributed by atoms with Gasteiger partial charge in [0.2, 0.25) is 0 Å². The van der Waals surface area contributed by atoms with Gasteiger partial charge in [-0.05, 0) is 6.42 Å². The van der Waals surface area contributed by atoms with Gasteiger partial charge in [-0.15, -0.1) is 22.7 Å². The van der Waals surface area contributed by atoms with Crippen molar-refractivity contribution in [1.29, 1.82) is 0 Å². The number of nitrogens with zero attached hydrogens (tertiary/aromatic N) is 2. The van der Waals surface area contributed by atoms with E-state index in [1.807, 2.05) is 17.8 Å². The average Bonchev–Trinajstić information content (AvgIpc) is 2.75. The Hall–Kier alpha value is -0.740. The summed E-state index contributed by atoms with van der Waals surface area (Å²) in [6.07, 6.45) is 4.80. The highest BCUT2D eigenvalue weighted by atomic mass is 32.1. The van der Waals surface area contributed by atoms with Crippen molar-refractivity contribution in [2.45, 2.75) is 13.3 Å². The summed E-state index contributed by atoms with van der Waals surface area (Å²) in [5.74, 6) is 0. The second kappa shape index (κ2) is 3.33. The third-order valence-electron chi connectivity index (χ3n) is 1.52. The lowest BCUT2D eigenvalue weighted by molar-refractivity contribution is 1.17. The predicted molar refractivity (Wildman–Crippen MR) is 52.6 cm³/mol. The summed E-state index contributed by atoms with van der Waals surface area (Å²) in [7, 11) is 0. The van der Waals surface area contributed by atoms with Crippen molar-refractivity contribution >= 4 is 22.7 Å². The Morgan fingerprint density at radius 3 is 2.83 bits per heavy atom. The maximum atomic E-state index is 4.30. The van der Waals surface area contributed by atoms with Gasteiger partial charge in [-0.2, -0.15) is 0 Å². The van der Waals surface area contributed by atoms with Crippen LogP contribution in [0, 0.1) is 0 Å². The smallest absolute Gasteiger partial charge is 0.152 e. The summed E-state index contributed by atoms with van der Waals surface area (Å²) >= 11 is 3.36. The molecule has 0 bridgehead atoms. The number of hydrogen-bond donors (Lipinski definition) is 0. The van der Waals surface area contributed by atoms with Gasteiger partial charge < -0.3 is 0 Å². The molecule has 0 N–H and O–H groups in total. The van der Waals surface area contributed by atoms with Crippen LogP contribution in [0.5, 0.6) is 0 Å². The maximum Gasteiger partial charge on any atom is 0.152 e. The van der Waals surface area contributed by atoms with Gasteiger partial charge in [-0.25, -0.2) is 9.97 Å². The van der Waals surface area contributed by atoms with Gasteiger partial charge >= 0.3 is 0 Å². The summed E-state index contributed by atoms with van der Waals surface area (Å²) in [6, 6.07) is 0. The molecule has 0 spiro atoms. The van der Waals surface area contributed by atoms with E-state index in [4.69, 9.17) is 0 Å². The van der Waals surface area contributed by atoms with Gasteiger partial charge in [0.1, 0.15) is 0 Å². The molecule has 0 aliphatic carbocycles. The second-order valence-electron chi connectivity index (χ2n) is 2.32. The average molecular weight is 196 g/mol. The number of thiazole rings is 2. The molecule has 0 atom stereocenters. The molecule has 2 nitrogen and oxygen atoms in total. The van der Waals surface area contributed by atoms with Gasteiger partial charge in [-0.3, -0.25) is 0 Å². The zero-order chi connectivity index (χ0) is 8.39. The molecule has 0 aliphatic heterocycles. The Morgan fingerprint density at radius 2 is 2.25 bits per heavy atom. The normalized spacial score (nSPS) is 10.4. The minimum atomic E-state index is 1.03. The topological polar surface area (TPSA) is 25.8 Å². The van der Waals surface area contributed by atoms with Gasteiger partial charge in [0, 0.05) is 22.7 Å². The van der Waals surface area contributed by atoms with E-state index in [2.05, 4.69) is 16.9 Å². The van der Waals surface area contributed by atoms with Crippen LogP contribution in [0.3, 0.4) is 0 Å². The van der Waals surface area contributed by atoms with Crippen molar-refractivity contribution in [2.75, 3.05) is 0 Å². The van der Waals surface area contributed by atoms with Crippen LogP contribution in [0.15, 0.2) is 17.8 Å². The number of hydrogen-bond acceptors (Lipinski definition) is 4. The Bertz CT molecular complexity index is 351. The molecule has 2 rings (SSSR count). The van der Waals surface area contributed by atoms with Crippen LogP contribution < -0.4 is 0 Å². The summed E-state index contributed by atoms with van der Waals surface area (Å²) in [5, 5.41) is 4.05. The van der Waals surface area contributed by atoms with Crippen LogP contribution in [-0.2, 0) is 6.42 Å². The summed E-state index contributed by atoms with van der Waals surface area (Å²) in [5.41, 5.74) is 0. The monoisotopic (exact) mass is 196 g/mol. The number of rotatable bonds is 2. The molecule has 62 valence electrons. The zero-order valence-electron chi connectivity index (χ0n) is 6.65. The zero-order valence-corrected chi connectivity index (χ0v) is 8.28. The Kier molecular flexibility index (Phi) is 2.19. The summed E-state index contributed by atoms with van der Waals surface area (Å²) in [4.78, 5) is 9.82. The van der Waals surface area contributed by atoms with E-state index in [0.29, 0.717) is 0 Å². The molecule has 12 heavy (non-hydrogen) atoms. The minimum absolute atomic E-state index is 1.03. The molecule has 0 radical (unpaired) electrons. The van der Waals surface area contributed by atoms with E-state index in [1.54, 1.807) is 22.7 Å². The lowest BCUT2D eigenvalue weighted by Gasteiger charge is -1.84. The van der Waals surface area contributed by atoms with Crippen molar-refractivity contribution in [3.8, 4) is 10.0 Å². The van der Waals surface area contributed by atoms with Crippen LogP contribution >= 0.6 is 22.7 Å². The fourth-order valence-corrected chi connectivity index (χ4v) is 2.44. The van der Waals surface area contributed by atoms with Gasteiger partial charge in [0.25, 0.3) is 0 Å². The highest BCUT2D eigenvalue weighted by Gasteiger charge is 2.04. The van der Waals surface area contributed by atoms with Crippen LogP contribution in [-0.4, -0.2) is 9.97 Å². The summed E-state index contributed by atoms with van der Waals surface area (Å²) in [6.45, 7) is 2.14. The lowest BCUT2D eigenvalue weighted by Crippen LogP contribution is -1.68. The molecule has 4 heteroatoms. The third-order valence-corrected chi connectivity index (χ3v) is 3.57. The Balaban J connectivity index is 2.35. The van der Waals surface area contributed by atoms with Crippen LogP contribution in [0.25, 0.3) is 10.0 Å². The van der Waals surface area contributed by atoms with Crippen molar-refractivity contribution in [2.24, 2.45) is 0 Å². The van der Waals surface area contributed by atoms with E-state index < -0.39 is 0 Å². The molecule has 0 unspecified atom stereocenters. The lowest BCUT2D eigenvalue weighted by atomic mass is 10.4. The SMILES string of the molecule is CCc1cnc(-c2nccs2)s1.